The highest BCUT2D eigenvalue weighted by molar-refractivity contribution is 6.06. The van der Waals surface area contributed by atoms with Gasteiger partial charge in [-0.15, -0.1) is 0 Å². The Morgan fingerprint density at radius 1 is 1.11 bits per heavy atom. The van der Waals surface area contributed by atoms with E-state index in [0.717, 1.165) is 0 Å². The number of carbonyl (C=O) groups is 2. The first-order chi connectivity index (χ1) is 16.7. The maximum atomic E-state index is 14.1. The van der Waals surface area contributed by atoms with Crippen LogP contribution in [0.1, 0.15) is 60.8 Å². The summed E-state index contributed by atoms with van der Waals surface area (Å²) in [4.78, 5) is 27.5. The number of Topliss-reactive ketones (excluding diaryl/α,β-unsaturated/α-hetero) is 2. The molecule has 8 heteroatoms. The van der Waals surface area contributed by atoms with Gasteiger partial charge < -0.3 is 30.3 Å². The lowest BCUT2D eigenvalue weighted by atomic mass is 9.52. The highest BCUT2D eigenvalue weighted by Gasteiger charge is 2.80. The molecule has 0 aromatic heterocycles. The molecule has 1 saturated carbocycles. The second-order valence-corrected chi connectivity index (χ2v) is 10.3. The fourth-order valence-corrected chi connectivity index (χ4v) is 5.98. The van der Waals surface area contributed by atoms with E-state index in [-0.39, 0.29) is 23.1 Å². The first kappa shape index (κ1) is 27.6. The van der Waals surface area contributed by atoms with Gasteiger partial charge in [-0.05, 0) is 54.0 Å². The van der Waals surface area contributed by atoms with Gasteiger partial charge in [0.25, 0.3) is 0 Å². The van der Waals surface area contributed by atoms with Crippen molar-refractivity contribution in [3.8, 4) is 0 Å². The van der Waals surface area contributed by atoms with E-state index in [1.807, 2.05) is 6.92 Å². The fraction of sp³-hybridized carbons (Fsp3) is 0.500. The number of aliphatic hydroxyl groups is 5. The average Bonchev–Trinajstić information content (AvgIpc) is 3.01. The Kier molecular flexibility index (Phi) is 7.05. The average molecular weight is 501 g/mol. The van der Waals surface area contributed by atoms with Gasteiger partial charge in [0.2, 0.25) is 5.79 Å². The molecule has 8 nitrogen and oxygen atoms in total. The predicted octanol–water partition coefficient (Wildman–Crippen LogP) is 4.34. The van der Waals surface area contributed by atoms with Gasteiger partial charge in [-0.2, -0.15) is 0 Å². The zero-order chi connectivity index (χ0) is 27.3. The summed E-state index contributed by atoms with van der Waals surface area (Å²) in [5.41, 5.74) is -6.34. The molecule has 5 atom stereocenters. The molecule has 5 N–H and O–H groups in total. The van der Waals surface area contributed by atoms with E-state index >= 15 is 0 Å². The Labute approximate surface area is 211 Å². The highest BCUT2D eigenvalue weighted by atomic mass is 16.7. The van der Waals surface area contributed by atoms with Crippen LogP contribution in [-0.2, 0) is 14.3 Å². The number of ether oxygens (including phenoxy) is 1. The van der Waals surface area contributed by atoms with Gasteiger partial charge in [0.1, 0.15) is 28.5 Å². The summed E-state index contributed by atoms with van der Waals surface area (Å²) in [5, 5.41) is 56.3. The second kappa shape index (κ2) is 9.18. The van der Waals surface area contributed by atoms with E-state index in [1.165, 1.54) is 39.8 Å². The lowest BCUT2D eigenvalue weighted by Gasteiger charge is -2.51. The number of hydrogen-bond acceptors (Lipinski definition) is 8. The third kappa shape index (κ3) is 3.62. The summed E-state index contributed by atoms with van der Waals surface area (Å²) in [5.74, 6) is -6.52. The lowest BCUT2D eigenvalue weighted by molar-refractivity contribution is -0.328. The topological polar surface area (TPSA) is 145 Å². The van der Waals surface area contributed by atoms with Gasteiger partial charge in [0.15, 0.2) is 11.6 Å². The Balaban J connectivity index is 2.32. The standard InChI is InChI=1S/C28H36O8/c1-7-9-11-13-18(29)17-15-25(4,34)28(35)26(5,24(17)33)22-20(19(30)14-12-10-8-2)21(31)16(3)23(32)27(22,6)36-28/h7-11,13,22,29,31-32,34-35H,12,14-15H2,1-6H3/b9-7+,10-8+,13-11+,18-17?. The molecule has 5 unspecified atom stereocenters. The molecule has 196 valence electrons. The quantitative estimate of drug-likeness (QED) is 0.157. The lowest BCUT2D eigenvalue weighted by Crippen LogP contribution is -2.68. The number of rotatable bonds is 6. The van der Waals surface area contributed by atoms with Crippen molar-refractivity contribution < 1.29 is 39.9 Å². The van der Waals surface area contributed by atoms with Crippen LogP contribution in [0, 0.1) is 11.3 Å². The van der Waals surface area contributed by atoms with Gasteiger partial charge in [-0.3, -0.25) is 9.59 Å². The van der Waals surface area contributed by atoms with E-state index in [1.54, 1.807) is 31.2 Å². The van der Waals surface area contributed by atoms with Crippen LogP contribution in [0.15, 0.2) is 70.5 Å². The maximum Gasteiger partial charge on any atom is 0.209 e. The maximum absolute atomic E-state index is 14.1. The van der Waals surface area contributed by atoms with Crippen LogP contribution in [0.4, 0.5) is 0 Å². The minimum atomic E-state index is -2.57. The number of allylic oxidation sites excluding steroid dienone is 7. The first-order valence-corrected chi connectivity index (χ1v) is 12.0. The van der Waals surface area contributed by atoms with Crippen LogP contribution in [0.25, 0.3) is 0 Å². The molecular weight excluding hydrogens is 464 g/mol. The minimum absolute atomic E-state index is 0.00346. The van der Waals surface area contributed by atoms with Gasteiger partial charge in [-0.25, -0.2) is 0 Å². The molecule has 0 bridgehead atoms. The van der Waals surface area contributed by atoms with Crippen LogP contribution in [0.2, 0.25) is 0 Å². The van der Waals surface area contributed by atoms with Crippen molar-refractivity contribution in [1.29, 1.82) is 0 Å². The van der Waals surface area contributed by atoms with Crippen LogP contribution < -0.4 is 0 Å². The van der Waals surface area contributed by atoms with E-state index in [4.69, 9.17) is 4.74 Å². The Morgan fingerprint density at radius 2 is 1.75 bits per heavy atom. The number of carbonyl (C=O) groups excluding carboxylic acids is 2. The molecule has 3 aliphatic rings. The molecule has 2 fully saturated rings. The largest absolute Gasteiger partial charge is 0.509 e. The molecule has 3 rings (SSSR count). The van der Waals surface area contributed by atoms with Crippen molar-refractivity contribution in [2.24, 2.45) is 11.3 Å². The zero-order valence-electron chi connectivity index (χ0n) is 21.6. The highest BCUT2D eigenvalue weighted by Crippen LogP contribution is 2.67. The molecule has 0 spiro atoms. The van der Waals surface area contributed by atoms with Crippen LogP contribution in [0.5, 0.6) is 0 Å². The molecule has 0 radical (unpaired) electrons. The number of hydrogen-bond donors (Lipinski definition) is 5. The Hall–Kier alpha value is -2.94. The SMILES string of the molecule is C/C=C/C=C/C(O)=C1CC(C)(O)C2(O)OC3(C)C(O)=C(C)C(O)=C(C(=O)CC/C=C/C)C3C2(C)C1=O. The van der Waals surface area contributed by atoms with Crippen molar-refractivity contribution in [2.45, 2.75) is 77.8 Å². The third-order valence-electron chi connectivity index (χ3n) is 7.85. The fourth-order valence-electron chi connectivity index (χ4n) is 5.98. The van der Waals surface area contributed by atoms with Crippen LogP contribution in [-0.4, -0.2) is 54.1 Å². The zero-order valence-corrected chi connectivity index (χ0v) is 21.6. The summed E-state index contributed by atoms with van der Waals surface area (Å²) in [6.07, 6.45) is 9.68. The summed E-state index contributed by atoms with van der Waals surface area (Å²) in [6, 6.07) is 0. The predicted molar refractivity (Wildman–Crippen MR) is 134 cm³/mol. The van der Waals surface area contributed by atoms with Gasteiger partial charge in [-0.1, -0.05) is 30.4 Å². The molecular formula is C28H36O8. The van der Waals surface area contributed by atoms with E-state index in [2.05, 4.69) is 0 Å². The third-order valence-corrected chi connectivity index (χ3v) is 7.85. The Bertz CT molecular complexity index is 1160. The van der Waals surface area contributed by atoms with Crippen LogP contribution in [0.3, 0.4) is 0 Å². The van der Waals surface area contributed by atoms with Crippen molar-refractivity contribution in [3.63, 3.8) is 0 Å². The molecule has 0 aromatic rings. The minimum Gasteiger partial charge on any atom is -0.509 e. The van der Waals surface area contributed by atoms with Gasteiger partial charge in [0, 0.05) is 35.5 Å². The van der Waals surface area contributed by atoms with Gasteiger partial charge in [0.05, 0.1) is 5.41 Å². The molecule has 2 aliphatic carbocycles. The summed E-state index contributed by atoms with van der Waals surface area (Å²) in [6.45, 7) is 9.02. The van der Waals surface area contributed by atoms with Crippen molar-refractivity contribution in [3.05, 3.63) is 70.5 Å². The molecule has 1 aliphatic heterocycles. The summed E-state index contributed by atoms with van der Waals surface area (Å²) < 4.78 is 6.03. The Morgan fingerprint density at radius 3 is 2.33 bits per heavy atom. The second-order valence-electron chi connectivity index (χ2n) is 10.3. The molecule has 1 saturated heterocycles. The molecule has 0 aromatic carbocycles. The van der Waals surface area contributed by atoms with Gasteiger partial charge >= 0.3 is 0 Å². The van der Waals surface area contributed by atoms with Crippen LogP contribution >= 0.6 is 0 Å². The summed E-state index contributed by atoms with van der Waals surface area (Å²) in [7, 11) is 0. The number of fused-ring (bicyclic) bond motifs is 3. The van der Waals surface area contributed by atoms with E-state index in [9.17, 15) is 35.1 Å². The summed E-state index contributed by atoms with van der Waals surface area (Å²) >= 11 is 0. The molecule has 0 amide bonds. The molecule has 1 heterocycles. The molecule has 36 heavy (non-hydrogen) atoms. The van der Waals surface area contributed by atoms with Crippen molar-refractivity contribution in [2.75, 3.05) is 0 Å². The van der Waals surface area contributed by atoms with E-state index in [0.29, 0.717) is 6.42 Å². The van der Waals surface area contributed by atoms with Crippen molar-refractivity contribution in [1.82, 2.24) is 0 Å². The normalized spacial score (nSPS) is 38.4. The smallest absolute Gasteiger partial charge is 0.209 e. The van der Waals surface area contributed by atoms with Crippen molar-refractivity contribution >= 4 is 11.6 Å². The monoisotopic (exact) mass is 500 g/mol. The number of ketones is 2. The van der Waals surface area contributed by atoms with E-state index < -0.39 is 63.6 Å². The first-order valence-electron chi connectivity index (χ1n) is 12.0. The number of aliphatic hydroxyl groups excluding tert-OH is 3.